The van der Waals surface area contributed by atoms with Gasteiger partial charge in [0.25, 0.3) is 0 Å². The first-order chi connectivity index (χ1) is 10.1. The predicted molar refractivity (Wildman–Crippen MR) is 81.8 cm³/mol. The van der Waals surface area contributed by atoms with Crippen LogP contribution in [0.15, 0.2) is 48.5 Å². The van der Waals surface area contributed by atoms with Gasteiger partial charge in [0.2, 0.25) is 0 Å². The van der Waals surface area contributed by atoms with Crippen molar-refractivity contribution in [1.82, 2.24) is 0 Å². The van der Waals surface area contributed by atoms with E-state index in [9.17, 15) is 5.11 Å². The normalized spacial score (nSPS) is 17.1. The molecule has 3 nitrogen and oxygen atoms in total. The third-order valence-electron chi connectivity index (χ3n) is 3.85. The van der Waals surface area contributed by atoms with Crippen LogP contribution in [0, 0.1) is 0 Å². The average Bonchev–Trinajstić information content (AvgIpc) is 3.31. The van der Waals surface area contributed by atoms with Gasteiger partial charge >= 0.3 is 0 Å². The van der Waals surface area contributed by atoms with E-state index >= 15 is 0 Å². The van der Waals surface area contributed by atoms with E-state index in [1.165, 1.54) is 0 Å². The first-order valence-electron chi connectivity index (χ1n) is 7.24. The molecule has 0 heterocycles. The molecule has 0 amide bonds. The van der Waals surface area contributed by atoms with E-state index in [2.05, 4.69) is 0 Å². The molecular weight excluding hydrogens is 264 g/mol. The molecule has 1 aliphatic rings. The summed E-state index contributed by atoms with van der Waals surface area (Å²) in [4.78, 5) is 0. The molecule has 110 valence electrons. The van der Waals surface area contributed by atoms with Crippen molar-refractivity contribution in [3.05, 3.63) is 59.7 Å². The molecular formula is C18H20O3. The van der Waals surface area contributed by atoms with Crippen LogP contribution in [0.25, 0.3) is 0 Å². The molecule has 2 aromatic rings. The lowest BCUT2D eigenvalue weighted by Crippen LogP contribution is -2.23. The molecule has 0 bridgehead atoms. The Kier molecular flexibility index (Phi) is 3.60. The lowest BCUT2D eigenvalue weighted by molar-refractivity contribution is 0.0985. The molecule has 0 saturated heterocycles. The fraction of sp³-hybridized carbons (Fsp3) is 0.333. The van der Waals surface area contributed by atoms with Gasteiger partial charge in [0.05, 0.1) is 13.2 Å². The van der Waals surface area contributed by atoms with Crippen molar-refractivity contribution in [2.45, 2.75) is 31.5 Å². The minimum atomic E-state index is -1.13. The molecule has 0 radical (unpaired) electrons. The summed E-state index contributed by atoms with van der Waals surface area (Å²) in [6.45, 7) is 1.78. The fourth-order valence-electron chi connectivity index (χ4n) is 2.45. The first-order valence-corrected chi connectivity index (χ1v) is 7.24. The number of rotatable bonds is 5. The van der Waals surface area contributed by atoms with Gasteiger partial charge in [-0.25, -0.2) is 0 Å². The molecule has 3 heteroatoms. The third kappa shape index (κ3) is 2.88. The monoisotopic (exact) mass is 284 g/mol. The molecule has 1 aliphatic carbocycles. The highest BCUT2D eigenvalue weighted by molar-refractivity contribution is 5.45. The van der Waals surface area contributed by atoms with Crippen molar-refractivity contribution in [2.75, 3.05) is 7.11 Å². The number of ether oxygens (including phenoxy) is 2. The number of benzene rings is 2. The average molecular weight is 284 g/mol. The summed E-state index contributed by atoms with van der Waals surface area (Å²) in [7, 11) is 1.61. The second-order valence-electron chi connectivity index (χ2n) is 5.62. The minimum absolute atomic E-state index is 0.344. The van der Waals surface area contributed by atoms with E-state index in [0.717, 1.165) is 29.7 Å². The van der Waals surface area contributed by atoms with E-state index in [-0.39, 0.29) is 0 Å². The highest BCUT2D eigenvalue weighted by Crippen LogP contribution is 2.37. The van der Waals surface area contributed by atoms with Crippen molar-refractivity contribution >= 4 is 0 Å². The number of methoxy groups -OCH3 is 1. The van der Waals surface area contributed by atoms with Crippen LogP contribution in [0.3, 0.4) is 0 Å². The first kappa shape index (κ1) is 14.0. The van der Waals surface area contributed by atoms with Crippen LogP contribution < -0.4 is 9.47 Å². The number of hydrogen-bond acceptors (Lipinski definition) is 3. The zero-order valence-electron chi connectivity index (χ0n) is 12.4. The van der Waals surface area contributed by atoms with E-state index in [1.807, 2.05) is 48.5 Å². The molecule has 1 fully saturated rings. The quantitative estimate of drug-likeness (QED) is 0.913. The molecule has 2 aromatic carbocycles. The van der Waals surface area contributed by atoms with Gasteiger partial charge in [-0.1, -0.05) is 30.3 Å². The predicted octanol–water partition coefficient (Wildman–Crippen LogP) is 3.49. The van der Waals surface area contributed by atoms with Crippen LogP contribution >= 0.6 is 0 Å². The summed E-state index contributed by atoms with van der Waals surface area (Å²) in [5.41, 5.74) is 0.413. The van der Waals surface area contributed by atoms with Crippen molar-refractivity contribution < 1.29 is 14.6 Å². The molecule has 0 aromatic heterocycles. The Labute approximate surface area is 125 Å². The van der Waals surface area contributed by atoms with Crippen molar-refractivity contribution in [2.24, 2.45) is 0 Å². The highest BCUT2D eigenvalue weighted by atomic mass is 16.5. The van der Waals surface area contributed by atoms with Crippen LogP contribution in [0.2, 0.25) is 0 Å². The number of hydrogen-bond donors (Lipinski definition) is 1. The summed E-state index contributed by atoms with van der Waals surface area (Å²) in [6, 6.07) is 15.2. The smallest absolute Gasteiger partial charge is 0.125 e. The Morgan fingerprint density at radius 2 is 1.86 bits per heavy atom. The highest BCUT2D eigenvalue weighted by Gasteiger charge is 2.30. The number of aliphatic hydroxyl groups is 1. The largest absolute Gasteiger partial charge is 0.496 e. The maximum Gasteiger partial charge on any atom is 0.125 e. The molecule has 1 N–H and O–H groups in total. The van der Waals surface area contributed by atoms with E-state index in [1.54, 1.807) is 14.0 Å². The topological polar surface area (TPSA) is 38.7 Å². The zero-order chi connectivity index (χ0) is 14.9. The van der Waals surface area contributed by atoms with Crippen LogP contribution in [0.5, 0.6) is 11.5 Å². The molecule has 0 aliphatic heterocycles. The van der Waals surface area contributed by atoms with Gasteiger partial charge in [0.1, 0.15) is 17.1 Å². The molecule has 3 rings (SSSR count). The summed E-state index contributed by atoms with van der Waals surface area (Å²) < 4.78 is 11.2. The third-order valence-corrected chi connectivity index (χ3v) is 3.85. The summed E-state index contributed by atoms with van der Waals surface area (Å²) in [6.07, 6.45) is 2.58. The molecule has 1 atom stereocenters. The Morgan fingerprint density at radius 1 is 1.10 bits per heavy atom. The van der Waals surface area contributed by atoms with Gasteiger partial charge in [-0.15, -0.1) is 0 Å². The maximum atomic E-state index is 11.0. The Morgan fingerprint density at radius 3 is 2.57 bits per heavy atom. The van der Waals surface area contributed by atoms with Crippen molar-refractivity contribution in [3.63, 3.8) is 0 Å². The fourth-order valence-corrected chi connectivity index (χ4v) is 2.45. The summed E-state index contributed by atoms with van der Waals surface area (Å²) >= 11 is 0. The molecule has 0 spiro atoms. The van der Waals surface area contributed by atoms with E-state index < -0.39 is 5.60 Å². The number of para-hydroxylation sites is 1. The Balaban J connectivity index is 1.96. The second-order valence-corrected chi connectivity index (χ2v) is 5.62. The van der Waals surface area contributed by atoms with Crippen LogP contribution in [0.1, 0.15) is 30.9 Å². The van der Waals surface area contributed by atoms with Crippen molar-refractivity contribution in [1.29, 1.82) is 0 Å². The van der Waals surface area contributed by atoms with E-state index in [4.69, 9.17) is 9.47 Å². The van der Waals surface area contributed by atoms with Crippen LogP contribution in [-0.2, 0) is 5.60 Å². The minimum Gasteiger partial charge on any atom is -0.496 e. The SMILES string of the molecule is COc1ccccc1C(C)(O)c1cccc(OC2CC2)c1. The summed E-state index contributed by atoms with van der Waals surface area (Å²) in [5, 5.41) is 11.0. The molecule has 1 unspecified atom stereocenters. The lowest BCUT2D eigenvalue weighted by Gasteiger charge is -2.26. The van der Waals surface area contributed by atoms with Gasteiger partial charge in [-0.3, -0.25) is 0 Å². The lowest BCUT2D eigenvalue weighted by atomic mass is 9.87. The van der Waals surface area contributed by atoms with Crippen LogP contribution in [-0.4, -0.2) is 18.3 Å². The zero-order valence-corrected chi connectivity index (χ0v) is 12.4. The standard InChI is InChI=1S/C18H20O3/c1-18(19,16-8-3-4-9-17(16)20-2)13-6-5-7-15(12-13)21-14-10-11-14/h3-9,12,14,19H,10-11H2,1-2H3. The molecule has 21 heavy (non-hydrogen) atoms. The Bertz CT molecular complexity index is 630. The second kappa shape index (κ2) is 5.41. The summed E-state index contributed by atoms with van der Waals surface area (Å²) in [5.74, 6) is 1.49. The van der Waals surface area contributed by atoms with Gasteiger partial charge in [0.15, 0.2) is 0 Å². The Hall–Kier alpha value is -2.00. The van der Waals surface area contributed by atoms with E-state index in [0.29, 0.717) is 11.9 Å². The van der Waals surface area contributed by atoms with Gasteiger partial charge < -0.3 is 14.6 Å². The van der Waals surface area contributed by atoms with Gasteiger partial charge in [-0.05, 0) is 43.5 Å². The van der Waals surface area contributed by atoms with Gasteiger partial charge in [0, 0.05) is 5.56 Å². The maximum absolute atomic E-state index is 11.0. The molecule has 1 saturated carbocycles. The van der Waals surface area contributed by atoms with Crippen LogP contribution in [0.4, 0.5) is 0 Å². The van der Waals surface area contributed by atoms with Crippen molar-refractivity contribution in [3.8, 4) is 11.5 Å². The van der Waals surface area contributed by atoms with Gasteiger partial charge in [-0.2, -0.15) is 0 Å².